The van der Waals surface area contributed by atoms with Crippen molar-refractivity contribution in [2.45, 2.75) is 6.92 Å². The van der Waals surface area contributed by atoms with Gasteiger partial charge in [-0.25, -0.2) is 0 Å². The van der Waals surface area contributed by atoms with Gasteiger partial charge in [0.1, 0.15) is 5.75 Å². The lowest BCUT2D eigenvalue weighted by Crippen LogP contribution is -1.99. The Kier molecular flexibility index (Phi) is 3.40. The molecule has 0 radical (unpaired) electrons. The van der Waals surface area contributed by atoms with Crippen LogP contribution in [0.15, 0.2) is 60.7 Å². The molecule has 3 aromatic rings. The zero-order chi connectivity index (χ0) is 14.8. The molecule has 3 heteroatoms. The SMILES string of the molecule is COc1ccc(-c2ccc(C)n2-c2cccc(N)c2)cc1. The van der Waals surface area contributed by atoms with E-state index in [0.717, 1.165) is 28.4 Å². The van der Waals surface area contributed by atoms with Gasteiger partial charge in [-0.15, -0.1) is 0 Å². The van der Waals surface area contributed by atoms with Gasteiger partial charge in [-0.05, 0) is 67.1 Å². The van der Waals surface area contributed by atoms with Crippen molar-refractivity contribution in [2.24, 2.45) is 0 Å². The lowest BCUT2D eigenvalue weighted by atomic mass is 10.1. The number of methoxy groups -OCH3 is 1. The number of hydrogen-bond donors (Lipinski definition) is 1. The van der Waals surface area contributed by atoms with Crippen molar-refractivity contribution in [3.05, 3.63) is 66.4 Å². The molecule has 2 N–H and O–H groups in total. The van der Waals surface area contributed by atoms with Crippen molar-refractivity contribution in [2.75, 3.05) is 12.8 Å². The van der Waals surface area contributed by atoms with E-state index in [1.165, 1.54) is 5.69 Å². The number of nitrogen functional groups attached to an aromatic ring is 1. The van der Waals surface area contributed by atoms with Gasteiger partial charge in [-0.2, -0.15) is 0 Å². The van der Waals surface area contributed by atoms with Gasteiger partial charge >= 0.3 is 0 Å². The number of hydrogen-bond acceptors (Lipinski definition) is 2. The number of aryl methyl sites for hydroxylation is 1. The molecule has 1 heterocycles. The zero-order valence-corrected chi connectivity index (χ0v) is 12.2. The summed E-state index contributed by atoms with van der Waals surface area (Å²) in [5.74, 6) is 0.859. The minimum atomic E-state index is 0.765. The van der Waals surface area contributed by atoms with Crippen molar-refractivity contribution < 1.29 is 4.74 Å². The monoisotopic (exact) mass is 278 g/mol. The van der Waals surface area contributed by atoms with Crippen molar-refractivity contribution in [1.82, 2.24) is 4.57 Å². The van der Waals surface area contributed by atoms with E-state index in [1.807, 2.05) is 30.3 Å². The summed E-state index contributed by atoms with van der Waals surface area (Å²) in [7, 11) is 1.68. The van der Waals surface area contributed by atoms with Gasteiger partial charge in [0.25, 0.3) is 0 Å². The van der Waals surface area contributed by atoms with Crippen LogP contribution in [0.1, 0.15) is 5.69 Å². The summed E-state index contributed by atoms with van der Waals surface area (Å²) < 4.78 is 7.42. The summed E-state index contributed by atoms with van der Waals surface area (Å²) in [5, 5.41) is 0. The Bertz CT molecular complexity index is 757. The first kappa shape index (κ1) is 13.3. The second-order valence-electron chi connectivity index (χ2n) is 5.02. The molecule has 0 spiro atoms. The van der Waals surface area contributed by atoms with Crippen molar-refractivity contribution >= 4 is 5.69 Å². The molecule has 0 atom stereocenters. The molecule has 21 heavy (non-hydrogen) atoms. The summed E-state index contributed by atoms with van der Waals surface area (Å²) >= 11 is 0. The topological polar surface area (TPSA) is 40.2 Å². The van der Waals surface area contributed by atoms with Crippen LogP contribution in [-0.2, 0) is 0 Å². The molecule has 0 aliphatic carbocycles. The quantitative estimate of drug-likeness (QED) is 0.734. The van der Waals surface area contributed by atoms with Gasteiger partial charge in [0, 0.05) is 17.1 Å². The van der Waals surface area contributed by atoms with E-state index in [9.17, 15) is 0 Å². The van der Waals surface area contributed by atoms with E-state index < -0.39 is 0 Å². The van der Waals surface area contributed by atoms with E-state index in [4.69, 9.17) is 10.5 Å². The Morgan fingerprint density at radius 3 is 2.38 bits per heavy atom. The fraction of sp³-hybridized carbons (Fsp3) is 0.111. The predicted molar refractivity (Wildman–Crippen MR) is 86.9 cm³/mol. The Labute approximate surface area is 124 Å². The van der Waals surface area contributed by atoms with Crippen LogP contribution in [0, 0.1) is 6.92 Å². The van der Waals surface area contributed by atoms with E-state index in [2.05, 4.69) is 41.8 Å². The van der Waals surface area contributed by atoms with Crippen molar-refractivity contribution in [3.8, 4) is 22.7 Å². The minimum absolute atomic E-state index is 0.765. The molecule has 3 nitrogen and oxygen atoms in total. The highest BCUT2D eigenvalue weighted by Crippen LogP contribution is 2.28. The second-order valence-corrected chi connectivity index (χ2v) is 5.02. The molecule has 0 fully saturated rings. The van der Waals surface area contributed by atoms with Gasteiger partial charge in [-0.1, -0.05) is 6.07 Å². The molecular weight excluding hydrogens is 260 g/mol. The normalized spacial score (nSPS) is 10.6. The molecule has 0 amide bonds. The number of ether oxygens (including phenoxy) is 1. The zero-order valence-electron chi connectivity index (χ0n) is 12.2. The molecule has 106 valence electrons. The van der Waals surface area contributed by atoms with E-state index in [1.54, 1.807) is 7.11 Å². The second kappa shape index (κ2) is 5.37. The molecule has 3 rings (SSSR count). The lowest BCUT2D eigenvalue weighted by molar-refractivity contribution is 0.415. The van der Waals surface area contributed by atoms with Gasteiger partial charge in [-0.3, -0.25) is 0 Å². The molecule has 0 bridgehead atoms. The third-order valence-corrected chi connectivity index (χ3v) is 3.59. The third-order valence-electron chi connectivity index (χ3n) is 3.59. The maximum Gasteiger partial charge on any atom is 0.118 e. The van der Waals surface area contributed by atoms with Gasteiger partial charge in [0.05, 0.1) is 12.8 Å². The van der Waals surface area contributed by atoms with Crippen LogP contribution in [0.3, 0.4) is 0 Å². The van der Waals surface area contributed by atoms with Crippen LogP contribution >= 0.6 is 0 Å². The highest BCUT2D eigenvalue weighted by Gasteiger charge is 2.09. The Hall–Kier alpha value is -2.68. The largest absolute Gasteiger partial charge is 0.497 e. The molecule has 0 unspecified atom stereocenters. The number of anilines is 1. The van der Waals surface area contributed by atoms with E-state index in [-0.39, 0.29) is 0 Å². The molecule has 0 saturated carbocycles. The van der Waals surface area contributed by atoms with Crippen molar-refractivity contribution in [1.29, 1.82) is 0 Å². The van der Waals surface area contributed by atoms with Gasteiger partial charge in [0.15, 0.2) is 0 Å². The van der Waals surface area contributed by atoms with Crippen LogP contribution in [-0.4, -0.2) is 11.7 Å². The smallest absolute Gasteiger partial charge is 0.118 e. The standard InChI is InChI=1S/C18H18N2O/c1-13-6-11-18(14-7-9-17(21-2)10-8-14)20(13)16-5-3-4-15(19)12-16/h3-12H,19H2,1-2H3. The number of nitrogens with zero attached hydrogens (tertiary/aromatic N) is 1. The Morgan fingerprint density at radius 1 is 0.952 bits per heavy atom. The summed E-state index contributed by atoms with van der Waals surface area (Å²) in [6, 6.07) is 20.2. The number of rotatable bonds is 3. The van der Waals surface area contributed by atoms with Gasteiger partial charge < -0.3 is 15.0 Å². The maximum absolute atomic E-state index is 5.91. The van der Waals surface area contributed by atoms with Crippen LogP contribution in [0.25, 0.3) is 16.9 Å². The predicted octanol–water partition coefficient (Wildman–Crippen LogP) is 4.04. The molecule has 0 aliphatic heterocycles. The first-order valence-electron chi connectivity index (χ1n) is 6.88. The molecule has 2 aromatic carbocycles. The van der Waals surface area contributed by atoms with Crippen LogP contribution in [0.5, 0.6) is 5.75 Å². The molecular formula is C18H18N2O. The average Bonchev–Trinajstić information content (AvgIpc) is 2.89. The highest BCUT2D eigenvalue weighted by molar-refractivity contribution is 5.65. The maximum atomic E-state index is 5.91. The number of aromatic nitrogens is 1. The summed E-state index contributed by atoms with van der Waals surface area (Å²) in [5.41, 5.74) is 11.2. The van der Waals surface area contributed by atoms with Crippen LogP contribution in [0.4, 0.5) is 5.69 Å². The number of benzene rings is 2. The Balaban J connectivity index is 2.12. The minimum Gasteiger partial charge on any atom is -0.497 e. The third kappa shape index (κ3) is 2.50. The molecule has 1 aromatic heterocycles. The van der Waals surface area contributed by atoms with Crippen molar-refractivity contribution in [3.63, 3.8) is 0 Å². The fourth-order valence-corrected chi connectivity index (χ4v) is 2.53. The fourth-order valence-electron chi connectivity index (χ4n) is 2.53. The summed E-state index contributed by atoms with van der Waals surface area (Å²) in [4.78, 5) is 0. The average molecular weight is 278 g/mol. The Morgan fingerprint density at radius 2 is 1.71 bits per heavy atom. The van der Waals surface area contributed by atoms with Crippen LogP contribution in [0.2, 0.25) is 0 Å². The van der Waals surface area contributed by atoms with E-state index >= 15 is 0 Å². The summed E-state index contributed by atoms with van der Waals surface area (Å²) in [6.07, 6.45) is 0. The highest BCUT2D eigenvalue weighted by atomic mass is 16.5. The number of nitrogens with two attached hydrogens (primary N) is 1. The van der Waals surface area contributed by atoms with Gasteiger partial charge in [0.2, 0.25) is 0 Å². The lowest BCUT2D eigenvalue weighted by Gasteiger charge is -2.13. The summed E-state index contributed by atoms with van der Waals surface area (Å²) in [6.45, 7) is 2.09. The molecule has 0 saturated heterocycles. The molecule has 0 aliphatic rings. The van der Waals surface area contributed by atoms with Crippen LogP contribution < -0.4 is 10.5 Å². The first-order chi connectivity index (χ1) is 10.2. The van der Waals surface area contributed by atoms with E-state index in [0.29, 0.717) is 0 Å². The first-order valence-corrected chi connectivity index (χ1v) is 6.88.